The van der Waals surface area contributed by atoms with E-state index >= 15 is 0 Å². The van der Waals surface area contributed by atoms with Gasteiger partial charge in [0.2, 0.25) is 0 Å². The van der Waals surface area contributed by atoms with E-state index in [1.54, 1.807) is 0 Å². The van der Waals surface area contributed by atoms with Gasteiger partial charge in [-0.3, -0.25) is 37.3 Å². The van der Waals surface area contributed by atoms with E-state index in [0.717, 1.165) is 148 Å². The molecule has 0 saturated carbocycles. The SMILES string of the molecule is CCCCC/C=C\C/C=C\C/C=C\C/C=C\CCCC(=O)OC[C@H](COP(=O)(O)OC[C@H](O)COP(=O)(O)OC[C@@H](COC(=O)CCCCCCC/C=C\CCCCCC)OC(=O)CCCCCCC/C=C\CCCCCC)OC(=O)CCCCCCC/C=C\C/C=C\CCCCC. The minimum atomic E-state index is -4.99. The van der Waals surface area contributed by atoms with Crippen LogP contribution >= 0.6 is 15.6 Å². The minimum absolute atomic E-state index is 0.0670. The van der Waals surface area contributed by atoms with E-state index in [-0.39, 0.29) is 25.7 Å². The molecule has 0 aliphatic heterocycles. The van der Waals surface area contributed by atoms with Crippen molar-refractivity contribution in [3.8, 4) is 0 Å². The molecule has 2 unspecified atom stereocenters. The van der Waals surface area contributed by atoms with Gasteiger partial charge >= 0.3 is 39.5 Å². The Balaban J connectivity index is 5.41. The third-order valence-corrected chi connectivity index (χ3v) is 17.9. The zero-order valence-electron chi connectivity index (χ0n) is 61.7. The average molecular weight is 1420 g/mol. The van der Waals surface area contributed by atoms with Crippen molar-refractivity contribution in [2.45, 2.75) is 341 Å². The molecule has 0 aromatic carbocycles. The molecule has 0 aliphatic rings. The van der Waals surface area contributed by atoms with Crippen LogP contribution in [0.1, 0.15) is 323 Å². The Morgan fingerprint density at radius 1 is 0.286 bits per heavy atom. The van der Waals surface area contributed by atoms with Crippen LogP contribution in [-0.2, 0) is 65.4 Å². The van der Waals surface area contributed by atoms with Gasteiger partial charge in [0, 0.05) is 25.7 Å². The Kier molecular flexibility index (Phi) is 68.4. The fraction of sp³-hybridized carbons (Fsp3) is 0.747. The standard InChI is InChI=1S/C79H138O17P2/c1-5-9-13-17-21-25-29-33-35-36-38-41-44-48-52-56-60-64-77(82)90-70-75(96-79(84)66-62-58-54-50-46-42-37-34-30-26-22-18-14-10-6-2)72-94-98(87,88)92-68-73(80)67-91-97(85,86)93-71-74(95-78(83)65-61-57-53-49-45-40-32-28-24-20-16-12-8-4)69-89-76(81)63-59-55-51-47-43-39-31-27-23-19-15-11-7-3/h21-22,25-28,31-35,37-38,41,48,52,73-75,80H,5-20,23-24,29-30,36,39-40,42-47,49-51,53-72H2,1-4H3,(H,85,86)(H,87,88)/b25-21-,26-22-,31-27-,32-28-,35-33-,37-34-,41-38-,52-48-/t73-,74-,75-/m1/s1. The molecule has 566 valence electrons. The lowest BCUT2D eigenvalue weighted by Crippen LogP contribution is -2.30. The molecule has 17 nitrogen and oxygen atoms in total. The zero-order valence-corrected chi connectivity index (χ0v) is 63.5. The third-order valence-electron chi connectivity index (χ3n) is 16.0. The van der Waals surface area contributed by atoms with Gasteiger partial charge < -0.3 is 33.8 Å². The predicted octanol–water partition coefficient (Wildman–Crippen LogP) is 22.0. The number of allylic oxidation sites excluding steroid dienone is 16. The Morgan fingerprint density at radius 2 is 0.510 bits per heavy atom. The van der Waals surface area contributed by atoms with Gasteiger partial charge in [-0.2, -0.15) is 0 Å². The molecule has 0 saturated heterocycles. The molecule has 0 heterocycles. The first-order valence-electron chi connectivity index (χ1n) is 38.5. The second kappa shape index (κ2) is 71.4. The van der Waals surface area contributed by atoms with E-state index in [2.05, 4.69) is 113 Å². The van der Waals surface area contributed by atoms with E-state index in [1.165, 1.54) is 89.9 Å². The van der Waals surface area contributed by atoms with Crippen LogP contribution in [-0.4, -0.2) is 96.7 Å². The zero-order chi connectivity index (χ0) is 71.8. The Labute approximate surface area is 595 Å². The van der Waals surface area contributed by atoms with Crippen molar-refractivity contribution in [3.63, 3.8) is 0 Å². The van der Waals surface area contributed by atoms with E-state index in [4.69, 9.17) is 37.0 Å². The predicted molar refractivity (Wildman–Crippen MR) is 399 cm³/mol. The molecular weight excluding hydrogens is 1280 g/mol. The van der Waals surface area contributed by atoms with Crippen molar-refractivity contribution in [2.75, 3.05) is 39.6 Å². The highest BCUT2D eigenvalue weighted by Gasteiger charge is 2.30. The molecule has 0 amide bonds. The number of phosphoric acid groups is 2. The summed E-state index contributed by atoms with van der Waals surface area (Å²) in [5.41, 5.74) is 0. The summed E-state index contributed by atoms with van der Waals surface area (Å²) < 4.78 is 68.4. The summed E-state index contributed by atoms with van der Waals surface area (Å²) in [5, 5.41) is 10.6. The van der Waals surface area contributed by atoms with Gasteiger partial charge in [-0.25, -0.2) is 9.13 Å². The summed E-state index contributed by atoms with van der Waals surface area (Å²) in [5.74, 6) is -2.26. The fourth-order valence-corrected chi connectivity index (χ4v) is 11.6. The molecule has 0 fully saturated rings. The topological polar surface area (TPSA) is 237 Å². The Bertz CT molecular complexity index is 2240. The lowest BCUT2D eigenvalue weighted by atomic mass is 10.1. The quantitative estimate of drug-likeness (QED) is 0.0169. The van der Waals surface area contributed by atoms with E-state index in [9.17, 15) is 43.2 Å². The van der Waals surface area contributed by atoms with Crippen molar-refractivity contribution in [3.05, 3.63) is 97.2 Å². The number of aliphatic hydroxyl groups is 1. The number of hydrogen-bond donors (Lipinski definition) is 3. The van der Waals surface area contributed by atoms with Gasteiger partial charge in [-0.15, -0.1) is 0 Å². The summed E-state index contributed by atoms with van der Waals surface area (Å²) in [7, 11) is -9.97. The lowest BCUT2D eigenvalue weighted by Gasteiger charge is -2.21. The molecule has 0 spiro atoms. The third kappa shape index (κ3) is 70.4. The highest BCUT2D eigenvalue weighted by molar-refractivity contribution is 7.47. The van der Waals surface area contributed by atoms with E-state index < -0.39 is 97.5 Å². The normalized spacial score (nSPS) is 14.5. The van der Waals surface area contributed by atoms with E-state index in [1.807, 2.05) is 12.2 Å². The van der Waals surface area contributed by atoms with Gasteiger partial charge in [0.1, 0.15) is 19.3 Å². The number of rotatable bonds is 72. The minimum Gasteiger partial charge on any atom is -0.462 e. The fourth-order valence-electron chi connectivity index (χ4n) is 10.1. The maximum atomic E-state index is 13.1. The largest absolute Gasteiger partial charge is 0.472 e. The number of carbonyl (C=O) groups is 4. The van der Waals surface area contributed by atoms with Crippen molar-refractivity contribution in [1.82, 2.24) is 0 Å². The molecule has 0 aliphatic carbocycles. The molecule has 3 N–H and O–H groups in total. The lowest BCUT2D eigenvalue weighted by molar-refractivity contribution is -0.161. The van der Waals surface area contributed by atoms with Crippen molar-refractivity contribution in [1.29, 1.82) is 0 Å². The summed E-state index contributed by atoms with van der Waals surface area (Å²) >= 11 is 0. The second-order valence-electron chi connectivity index (χ2n) is 25.6. The van der Waals surface area contributed by atoms with Gasteiger partial charge in [0.25, 0.3) is 0 Å². The van der Waals surface area contributed by atoms with Gasteiger partial charge in [0.05, 0.1) is 26.4 Å². The van der Waals surface area contributed by atoms with Crippen molar-refractivity contribution in [2.24, 2.45) is 0 Å². The maximum absolute atomic E-state index is 13.1. The first kappa shape index (κ1) is 94.0. The number of aliphatic hydroxyl groups excluding tert-OH is 1. The van der Waals surface area contributed by atoms with Crippen LogP contribution in [0, 0.1) is 0 Å². The van der Waals surface area contributed by atoms with Gasteiger partial charge in [-0.05, 0) is 148 Å². The number of phosphoric ester groups is 2. The van der Waals surface area contributed by atoms with Crippen LogP contribution in [0.4, 0.5) is 0 Å². The van der Waals surface area contributed by atoms with Crippen molar-refractivity contribution >= 4 is 39.5 Å². The molecule has 0 aromatic heterocycles. The first-order chi connectivity index (χ1) is 47.7. The Morgan fingerprint density at radius 3 is 0.837 bits per heavy atom. The van der Waals surface area contributed by atoms with Crippen LogP contribution in [0.3, 0.4) is 0 Å². The number of ether oxygens (including phenoxy) is 4. The molecule has 98 heavy (non-hydrogen) atoms. The van der Waals surface area contributed by atoms with Crippen LogP contribution in [0.2, 0.25) is 0 Å². The first-order valence-corrected chi connectivity index (χ1v) is 41.5. The average Bonchev–Trinajstić information content (AvgIpc) is 1.05. The number of hydrogen-bond acceptors (Lipinski definition) is 15. The molecule has 0 aromatic rings. The molecule has 0 bridgehead atoms. The summed E-state index contributed by atoms with van der Waals surface area (Å²) in [4.78, 5) is 72.8. The number of carbonyl (C=O) groups excluding carboxylic acids is 4. The maximum Gasteiger partial charge on any atom is 0.472 e. The molecule has 5 atom stereocenters. The van der Waals surface area contributed by atoms with Crippen LogP contribution in [0.15, 0.2) is 97.2 Å². The molecule has 0 radical (unpaired) electrons. The summed E-state index contributed by atoms with van der Waals surface area (Å²) in [6.07, 6.45) is 74.0. The monoisotopic (exact) mass is 1420 g/mol. The highest BCUT2D eigenvalue weighted by Crippen LogP contribution is 2.45. The number of unbranched alkanes of at least 4 members (excludes halogenated alkanes) is 30. The van der Waals surface area contributed by atoms with Crippen LogP contribution in [0.5, 0.6) is 0 Å². The smallest absolute Gasteiger partial charge is 0.462 e. The van der Waals surface area contributed by atoms with E-state index in [0.29, 0.717) is 32.1 Å². The summed E-state index contributed by atoms with van der Waals surface area (Å²) in [6.45, 7) is 4.71. The molecule has 0 rings (SSSR count). The van der Waals surface area contributed by atoms with Crippen LogP contribution < -0.4 is 0 Å². The number of esters is 4. The van der Waals surface area contributed by atoms with Crippen molar-refractivity contribution < 1.29 is 80.2 Å². The van der Waals surface area contributed by atoms with Gasteiger partial charge in [-0.1, -0.05) is 247 Å². The summed E-state index contributed by atoms with van der Waals surface area (Å²) in [6, 6.07) is 0. The Hall–Kier alpha value is -4.02. The second-order valence-corrected chi connectivity index (χ2v) is 28.5. The van der Waals surface area contributed by atoms with Crippen LogP contribution in [0.25, 0.3) is 0 Å². The molecular formula is C79H138O17P2. The molecule has 19 heteroatoms. The highest BCUT2D eigenvalue weighted by atomic mass is 31.2. The van der Waals surface area contributed by atoms with Gasteiger partial charge in [0.15, 0.2) is 12.2 Å².